The predicted octanol–water partition coefficient (Wildman–Crippen LogP) is 18.1. The molecule has 0 spiro atoms. The molecule has 0 fully saturated rings. The Morgan fingerprint density at radius 1 is 0.441 bits per heavy atom. The summed E-state index contributed by atoms with van der Waals surface area (Å²) in [6, 6.07) is -0.720. The number of carbonyl (C=O) groups excluding carboxylic acids is 2. The van der Waals surface area contributed by atoms with Gasteiger partial charge in [-0.3, -0.25) is 9.59 Å². The zero-order chi connectivity index (χ0) is 49.5. The Bertz CT molecular complexity index is 1250. The van der Waals surface area contributed by atoms with Crippen LogP contribution in [0, 0.1) is 0 Å². The number of unbranched alkanes of at least 4 members (excludes halogenated alkanes) is 31. The Labute approximate surface area is 421 Å². The van der Waals surface area contributed by atoms with Gasteiger partial charge in [0, 0.05) is 6.42 Å². The fourth-order valence-electron chi connectivity index (χ4n) is 8.65. The van der Waals surface area contributed by atoms with Crippen LogP contribution in [0.3, 0.4) is 0 Å². The zero-order valence-corrected chi connectivity index (χ0v) is 45.0. The van der Waals surface area contributed by atoms with E-state index in [0.29, 0.717) is 19.3 Å². The van der Waals surface area contributed by atoms with Crippen molar-refractivity contribution in [2.24, 2.45) is 0 Å². The van der Waals surface area contributed by atoms with E-state index < -0.39 is 18.2 Å². The Morgan fingerprint density at radius 3 is 1.29 bits per heavy atom. The molecule has 0 radical (unpaired) electrons. The topological polar surface area (TPSA) is 95.9 Å². The summed E-state index contributed by atoms with van der Waals surface area (Å²) in [5.41, 5.74) is 0. The van der Waals surface area contributed by atoms with E-state index in [-0.39, 0.29) is 24.9 Å². The molecule has 3 atom stereocenters. The van der Waals surface area contributed by atoms with Crippen LogP contribution in [0.1, 0.15) is 284 Å². The van der Waals surface area contributed by atoms with Crippen molar-refractivity contribution in [2.45, 2.75) is 302 Å². The molecule has 3 N–H and O–H groups in total. The van der Waals surface area contributed by atoms with Crippen LogP contribution in [0.15, 0.2) is 72.9 Å². The molecular weight excluding hydrogens is 839 g/mol. The van der Waals surface area contributed by atoms with Gasteiger partial charge in [0.05, 0.1) is 25.2 Å². The van der Waals surface area contributed by atoms with Crippen molar-refractivity contribution >= 4 is 11.9 Å². The van der Waals surface area contributed by atoms with E-state index in [1.807, 2.05) is 0 Å². The summed E-state index contributed by atoms with van der Waals surface area (Å²) in [5.74, 6) is -0.517. The lowest BCUT2D eigenvalue weighted by Gasteiger charge is -2.24. The van der Waals surface area contributed by atoms with E-state index in [1.165, 1.54) is 154 Å². The molecule has 0 saturated carbocycles. The molecule has 0 saturated heterocycles. The van der Waals surface area contributed by atoms with Crippen molar-refractivity contribution in [3.05, 3.63) is 72.9 Å². The maximum absolute atomic E-state index is 13.3. The highest BCUT2D eigenvalue weighted by molar-refractivity contribution is 5.77. The number of allylic oxidation sites excluding steroid dienone is 12. The molecule has 0 aliphatic heterocycles. The maximum Gasteiger partial charge on any atom is 0.306 e. The third-order valence-electron chi connectivity index (χ3n) is 13.1. The number of ether oxygens (including phenoxy) is 1. The van der Waals surface area contributed by atoms with Gasteiger partial charge in [0.15, 0.2) is 0 Å². The molecule has 0 aliphatic rings. The molecule has 0 bridgehead atoms. The lowest BCUT2D eigenvalue weighted by molar-refractivity contribution is -0.151. The number of amides is 1. The minimum Gasteiger partial charge on any atom is -0.462 e. The van der Waals surface area contributed by atoms with Crippen molar-refractivity contribution in [2.75, 3.05) is 6.61 Å². The van der Waals surface area contributed by atoms with Crippen LogP contribution in [0.5, 0.6) is 0 Å². The monoisotopic (exact) mass is 950 g/mol. The Hall–Kier alpha value is -2.70. The van der Waals surface area contributed by atoms with Gasteiger partial charge >= 0.3 is 5.97 Å². The van der Waals surface area contributed by atoms with Gasteiger partial charge in [0.25, 0.3) is 0 Å². The highest BCUT2D eigenvalue weighted by atomic mass is 16.5. The highest BCUT2D eigenvalue weighted by Crippen LogP contribution is 2.18. The van der Waals surface area contributed by atoms with Crippen molar-refractivity contribution in [1.29, 1.82) is 0 Å². The van der Waals surface area contributed by atoms with Crippen molar-refractivity contribution in [1.82, 2.24) is 5.32 Å². The summed E-state index contributed by atoms with van der Waals surface area (Å²) < 4.78 is 5.94. The van der Waals surface area contributed by atoms with Gasteiger partial charge in [-0.25, -0.2) is 0 Å². The van der Waals surface area contributed by atoms with Gasteiger partial charge in [-0.05, 0) is 83.5 Å². The summed E-state index contributed by atoms with van der Waals surface area (Å²) in [7, 11) is 0. The van der Waals surface area contributed by atoms with E-state index >= 15 is 0 Å². The molecular formula is C62H111NO5. The first-order valence-corrected chi connectivity index (χ1v) is 29.2. The first kappa shape index (κ1) is 65.3. The number of nitrogens with one attached hydrogen (secondary N) is 1. The van der Waals surface area contributed by atoms with Gasteiger partial charge in [-0.2, -0.15) is 0 Å². The predicted molar refractivity (Wildman–Crippen MR) is 296 cm³/mol. The van der Waals surface area contributed by atoms with E-state index in [4.69, 9.17) is 4.74 Å². The molecule has 0 heterocycles. The third kappa shape index (κ3) is 49.7. The van der Waals surface area contributed by atoms with Crippen LogP contribution in [-0.4, -0.2) is 46.9 Å². The van der Waals surface area contributed by atoms with Gasteiger partial charge in [-0.15, -0.1) is 0 Å². The fourth-order valence-corrected chi connectivity index (χ4v) is 8.65. The molecule has 0 aliphatic carbocycles. The standard InChI is InChI=1S/C62H111NO5/c1-4-7-10-13-16-19-22-25-28-31-34-37-40-43-46-49-52-55-62(67)68-58(53-50-47-44-41-38-35-32-29-26-23-20-17-14-11-8-5-2)56-61(66)63-59(57-64)60(65)54-51-48-45-42-39-36-33-30-27-24-21-18-15-12-9-6-3/h16-17,19-20,23,25-26,28-29,32,35,38,58-60,64-65H,4-15,18,21-22,24,27,30-31,33-34,36-37,39-57H2,1-3H3,(H,63,66)/b19-16-,20-17+,26-23+,28-25-,32-29+,38-35+. The average Bonchev–Trinajstić information content (AvgIpc) is 3.33. The van der Waals surface area contributed by atoms with Crippen LogP contribution in [0.4, 0.5) is 0 Å². The molecule has 1 amide bonds. The van der Waals surface area contributed by atoms with Crippen molar-refractivity contribution < 1.29 is 24.5 Å². The molecule has 6 heteroatoms. The number of esters is 1. The minimum absolute atomic E-state index is 0.0467. The van der Waals surface area contributed by atoms with Gasteiger partial charge in [-0.1, -0.05) is 261 Å². The average molecular weight is 951 g/mol. The molecule has 6 nitrogen and oxygen atoms in total. The van der Waals surface area contributed by atoms with Crippen LogP contribution < -0.4 is 5.32 Å². The van der Waals surface area contributed by atoms with E-state index in [9.17, 15) is 19.8 Å². The lowest BCUT2D eigenvalue weighted by atomic mass is 10.0. The smallest absolute Gasteiger partial charge is 0.306 e. The Balaban J connectivity index is 4.64. The molecule has 68 heavy (non-hydrogen) atoms. The van der Waals surface area contributed by atoms with E-state index in [1.54, 1.807) is 0 Å². The normalized spacial score (nSPS) is 13.7. The van der Waals surface area contributed by atoms with Crippen LogP contribution in [0.2, 0.25) is 0 Å². The number of hydrogen-bond donors (Lipinski definition) is 3. The van der Waals surface area contributed by atoms with Crippen molar-refractivity contribution in [3.63, 3.8) is 0 Å². The zero-order valence-electron chi connectivity index (χ0n) is 45.0. The third-order valence-corrected chi connectivity index (χ3v) is 13.1. The second-order valence-corrected chi connectivity index (χ2v) is 19.8. The summed E-state index contributed by atoms with van der Waals surface area (Å²) in [5, 5.41) is 23.9. The molecule has 0 aromatic rings. The number of aliphatic hydroxyl groups excluding tert-OH is 2. The molecule has 0 aromatic carbocycles. The van der Waals surface area contributed by atoms with Crippen LogP contribution >= 0.6 is 0 Å². The van der Waals surface area contributed by atoms with Gasteiger partial charge < -0.3 is 20.3 Å². The Morgan fingerprint density at radius 2 is 0.809 bits per heavy atom. The van der Waals surface area contributed by atoms with E-state index in [2.05, 4.69) is 99.0 Å². The Kier molecular flexibility index (Phi) is 53.0. The quantitative estimate of drug-likeness (QED) is 0.0244. The van der Waals surface area contributed by atoms with Crippen LogP contribution in [0.25, 0.3) is 0 Å². The maximum atomic E-state index is 13.3. The molecule has 3 unspecified atom stereocenters. The summed E-state index contributed by atoms with van der Waals surface area (Å²) >= 11 is 0. The largest absolute Gasteiger partial charge is 0.462 e. The summed E-state index contributed by atoms with van der Waals surface area (Å²) in [6.07, 6.45) is 71.0. The SMILES string of the molecule is CCCCC/C=C\C/C=C\CCCCCCCCCC(=O)OC(CCCCC/C=C/C=C/C=C/C=C/CCCCC)CC(=O)NC(CO)C(O)CCCCCCCCCCCCCCCCCC. The van der Waals surface area contributed by atoms with Gasteiger partial charge in [0.1, 0.15) is 6.10 Å². The van der Waals surface area contributed by atoms with Crippen LogP contribution in [-0.2, 0) is 14.3 Å². The first-order valence-electron chi connectivity index (χ1n) is 29.2. The summed E-state index contributed by atoms with van der Waals surface area (Å²) in [4.78, 5) is 26.3. The number of carbonyl (C=O) groups is 2. The lowest BCUT2D eigenvalue weighted by Crippen LogP contribution is -2.46. The van der Waals surface area contributed by atoms with Crippen molar-refractivity contribution in [3.8, 4) is 0 Å². The molecule has 0 aromatic heterocycles. The molecule has 0 rings (SSSR count). The van der Waals surface area contributed by atoms with Gasteiger partial charge in [0.2, 0.25) is 5.91 Å². The minimum atomic E-state index is -0.804. The number of rotatable bonds is 52. The highest BCUT2D eigenvalue weighted by Gasteiger charge is 2.24. The van der Waals surface area contributed by atoms with E-state index in [0.717, 1.165) is 83.5 Å². The number of aliphatic hydroxyl groups is 2. The first-order chi connectivity index (χ1) is 33.5. The second kappa shape index (κ2) is 55.2. The number of hydrogen-bond acceptors (Lipinski definition) is 5. The molecule has 394 valence electrons. The second-order valence-electron chi connectivity index (χ2n) is 19.8. The summed E-state index contributed by atoms with van der Waals surface area (Å²) in [6.45, 7) is 6.43. The fraction of sp³-hybridized carbons (Fsp3) is 0.774.